The van der Waals surface area contributed by atoms with Gasteiger partial charge in [-0.25, -0.2) is 0 Å². The normalized spacial score (nSPS) is 14.0. The Morgan fingerprint density at radius 3 is 2.33 bits per heavy atom. The molecule has 1 aliphatic rings. The Hall–Kier alpha value is -1.33. The van der Waals surface area contributed by atoms with Crippen LogP contribution < -0.4 is 9.47 Å². The van der Waals surface area contributed by atoms with Crippen molar-refractivity contribution in [1.29, 1.82) is 0 Å². The summed E-state index contributed by atoms with van der Waals surface area (Å²) < 4.78 is 17.0. The van der Waals surface area contributed by atoms with E-state index >= 15 is 0 Å². The fourth-order valence-electron chi connectivity index (χ4n) is 2.57. The molecule has 0 unspecified atom stereocenters. The first-order chi connectivity index (χ1) is 10.1. The molecule has 0 aromatic heterocycles. The summed E-state index contributed by atoms with van der Waals surface area (Å²) in [5.41, 5.74) is 0.630. The van der Waals surface area contributed by atoms with Gasteiger partial charge < -0.3 is 13.9 Å². The summed E-state index contributed by atoms with van der Waals surface area (Å²) in [6.45, 7) is 7.73. The molecule has 0 atom stereocenters. The maximum atomic E-state index is 12.3. The summed E-state index contributed by atoms with van der Waals surface area (Å²) in [5, 5.41) is 0. The number of ether oxygens (including phenoxy) is 2. The average molecular weight is 308 g/mol. The predicted molar refractivity (Wildman–Crippen MR) is 84.9 cm³/mol. The lowest BCUT2D eigenvalue weighted by Gasteiger charge is -2.27. The van der Waals surface area contributed by atoms with E-state index in [4.69, 9.17) is 13.9 Å². The molecule has 1 aliphatic heterocycles. The zero-order valence-corrected chi connectivity index (χ0v) is 14.1. The summed E-state index contributed by atoms with van der Waals surface area (Å²) >= 11 is 0. The summed E-state index contributed by atoms with van der Waals surface area (Å²) in [6.07, 6.45) is 0. The van der Waals surface area contributed by atoms with Gasteiger partial charge in [0, 0.05) is 5.56 Å². The summed E-state index contributed by atoms with van der Waals surface area (Å²) in [4.78, 5) is 12.3. The quantitative estimate of drug-likeness (QED) is 0.569. The Morgan fingerprint density at radius 1 is 1.10 bits per heavy atom. The number of fused-ring (bicyclic) bond motifs is 1. The predicted octanol–water partition coefficient (Wildman–Crippen LogP) is 3.66. The Kier molecular flexibility index (Phi) is 5.42. The Labute approximate surface area is 127 Å². The molecule has 4 nitrogen and oxygen atoms in total. The first-order valence-corrected chi connectivity index (χ1v) is 10.2. The van der Waals surface area contributed by atoms with Gasteiger partial charge in [0.2, 0.25) is 0 Å². The third-order valence-corrected chi connectivity index (χ3v) is 8.93. The molecule has 21 heavy (non-hydrogen) atoms. The monoisotopic (exact) mass is 308 g/mol. The van der Waals surface area contributed by atoms with Crippen LogP contribution in [-0.2, 0) is 4.43 Å². The summed E-state index contributed by atoms with van der Waals surface area (Å²) in [5.74, 6) is 1.37. The van der Waals surface area contributed by atoms with Crippen LogP contribution in [0.4, 0.5) is 0 Å². The second-order valence-electron chi connectivity index (χ2n) is 5.31. The van der Waals surface area contributed by atoms with Crippen molar-refractivity contribution in [2.45, 2.75) is 38.9 Å². The second kappa shape index (κ2) is 7.09. The first-order valence-electron chi connectivity index (χ1n) is 7.71. The molecular weight excluding hydrogens is 284 g/mol. The van der Waals surface area contributed by atoms with Crippen LogP contribution in [0.1, 0.15) is 31.1 Å². The lowest BCUT2D eigenvalue weighted by atomic mass is 10.1. The summed E-state index contributed by atoms with van der Waals surface area (Å²) in [6, 6.07) is 8.49. The highest BCUT2D eigenvalue weighted by molar-refractivity contribution is 6.73. The van der Waals surface area contributed by atoms with Gasteiger partial charge in [0.25, 0.3) is 0 Å². The SMILES string of the molecule is CC[Si](CC)(CC)OCC(=O)c1ccc2c(c1)OCCO2. The minimum Gasteiger partial charge on any atom is -0.486 e. The van der Waals surface area contributed by atoms with Crippen molar-refractivity contribution in [1.82, 2.24) is 0 Å². The van der Waals surface area contributed by atoms with Crippen LogP contribution in [0.3, 0.4) is 0 Å². The largest absolute Gasteiger partial charge is 0.486 e. The summed E-state index contributed by atoms with van der Waals surface area (Å²) in [7, 11) is -1.72. The molecule has 0 saturated carbocycles. The lowest BCUT2D eigenvalue weighted by molar-refractivity contribution is 0.0912. The topological polar surface area (TPSA) is 44.8 Å². The molecule has 1 heterocycles. The molecule has 2 rings (SSSR count). The van der Waals surface area contributed by atoms with Gasteiger partial charge in [-0.05, 0) is 36.3 Å². The molecule has 0 fully saturated rings. The van der Waals surface area contributed by atoms with E-state index in [-0.39, 0.29) is 12.4 Å². The Balaban J connectivity index is 2.03. The number of carbonyl (C=O) groups excluding carboxylic acids is 1. The van der Waals surface area contributed by atoms with E-state index in [0.717, 1.165) is 18.1 Å². The zero-order chi connectivity index (χ0) is 15.3. The van der Waals surface area contributed by atoms with Crippen molar-refractivity contribution in [3.05, 3.63) is 23.8 Å². The van der Waals surface area contributed by atoms with E-state index in [1.807, 2.05) is 0 Å². The van der Waals surface area contributed by atoms with Crippen LogP contribution in [0, 0.1) is 0 Å². The number of rotatable bonds is 7. The number of Topliss-reactive ketones (excluding diaryl/α,β-unsaturated/α-hetero) is 1. The van der Waals surface area contributed by atoms with Gasteiger partial charge in [-0.1, -0.05) is 20.8 Å². The maximum Gasteiger partial charge on any atom is 0.192 e. The van der Waals surface area contributed by atoms with Gasteiger partial charge in [0.05, 0.1) is 6.61 Å². The van der Waals surface area contributed by atoms with Gasteiger partial charge in [-0.3, -0.25) is 4.79 Å². The zero-order valence-electron chi connectivity index (χ0n) is 13.1. The Bertz CT molecular complexity index is 489. The van der Waals surface area contributed by atoms with Gasteiger partial charge in [0.15, 0.2) is 25.6 Å². The molecule has 116 valence electrons. The van der Waals surface area contributed by atoms with E-state index in [1.165, 1.54) is 0 Å². The van der Waals surface area contributed by atoms with Crippen LogP contribution in [0.2, 0.25) is 18.1 Å². The highest BCUT2D eigenvalue weighted by Gasteiger charge is 2.29. The van der Waals surface area contributed by atoms with Crippen molar-refractivity contribution in [2.75, 3.05) is 19.8 Å². The second-order valence-corrected chi connectivity index (χ2v) is 10.1. The molecule has 0 aliphatic carbocycles. The van der Waals surface area contributed by atoms with E-state index in [1.54, 1.807) is 18.2 Å². The van der Waals surface area contributed by atoms with Crippen molar-refractivity contribution in [3.8, 4) is 11.5 Å². The van der Waals surface area contributed by atoms with Gasteiger partial charge in [0.1, 0.15) is 13.2 Å². The van der Waals surface area contributed by atoms with Crippen molar-refractivity contribution >= 4 is 14.1 Å². The van der Waals surface area contributed by atoms with Crippen molar-refractivity contribution in [3.63, 3.8) is 0 Å². The fraction of sp³-hybridized carbons (Fsp3) is 0.562. The molecule has 0 N–H and O–H groups in total. The van der Waals surface area contributed by atoms with E-state index in [2.05, 4.69) is 20.8 Å². The van der Waals surface area contributed by atoms with Crippen molar-refractivity contribution in [2.24, 2.45) is 0 Å². The van der Waals surface area contributed by atoms with Gasteiger partial charge >= 0.3 is 0 Å². The molecule has 0 saturated heterocycles. The number of carbonyl (C=O) groups is 1. The van der Waals surface area contributed by atoms with E-state index in [9.17, 15) is 4.79 Å². The molecule has 0 radical (unpaired) electrons. The van der Waals surface area contributed by atoms with Crippen LogP contribution >= 0.6 is 0 Å². The third kappa shape index (κ3) is 3.65. The highest BCUT2D eigenvalue weighted by Crippen LogP contribution is 2.31. The molecule has 0 amide bonds. The van der Waals surface area contributed by atoms with Crippen LogP contribution in [-0.4, -0.2) is 33.9 Å². The molecule has 0 bridgehead atoms. The smallest absolute Gasteiger partial charge is 0.192 e. The fourth-order valence-corrected chi connectivity index (χ4v) is 5.12. The maximum absolute atomic E-state index is 12.3. The lowest BCUT2D eigenvalue weighted by Crippen LogP contribution is -2.37. The van der Waals surface area contributed by atoms with Crippen LogP contribution in [0.15, 0.2) is 18.2 Å². The molecule has 5 heteroatoms. The molecule has 0 spiro atoms. The number of hydrogen-bond donors (Lipinski definition) is 0. The number of benzene rings is 1. The van der Waals surface area contributed by atoms with Gasteiger partial charge in [-0.15, -0.1) is 0 Å². The minimum absolute atomic E-state index is 0.0131. The standard InChI is InChI=1S/C16H24O4Si/c1-4-21(5-2,6-3)20-12-14(17)13-7-8-15-16(11-13)19-10-9-18-15/h7-8,11H,4-6,9-10,12H2,1-3H3. The molecule has 1 aromatic rings. The van der Waals surface area contributed by atoms with E-state index in [0.29, 0.717) is 30.3 Å². The van der Waals surface area contributed by atoms with Crippen LogP contribution in [0.25, 0.3) is 0 Å². The Morgan fingerprint density at radius 2 is 1.71 bits per heavy atom. The number of ketones is 1. The first kappa shape index (κ1) is 16.0. The van der Waals surface area contributed by atoms with Crippen LogP contribution in [0.5, 0.6) is 11.5 Å². The highest BCUT2D eigenvalue weighted by atomic mass is 28.4. The number of hydrogen-bond acceptors (Lipinski definition) is 4. The minimum atomic E-state index is -1.72. The molecule has 1 aromatic carbocycles. The third-order valence-electron chi connectivity index (χ3n) is 4.31. The van der Waals surface area contributed by atoms with Gasteiger partial charge in [-0.2, -0.15) is 0 Å². The van der Waals surface area contributed by atoms with Crippen molar-refractivity contribution < 1.29 is 18.7 Å². The average Bonchev–Trinajstić information content (AvgIpc) is 2.56. The molecular formula is C16H24O4Si. The van der Waals surface area contributed by atoms with E-state index < -0.39 is 8.32 Å².